The third-order valence-corrected chi connectivity index (χ3v) is 3.93. The number of carbonyl (C=O) groups is 1. The van der Waals surface area contributed by atoms with E-state index in [4.69, 9.17) is 0 Å². The lowest BCUT2D eigenvalue weighted by Crippen LogP contribution is -2.23. The average molecular weight is 298 g/mol. The summed E-state index contributed by atoms with van der Waals surface area (Å²) in [5, 5.41) is 9.29. The second-order valence-electron chi connectivity index (χ2n) is 4.46. The van der Waals surface area contributed by atoms with E-state index < -0.39 is 5.97 Å². The van der Waals surface area contributed by atoms with Crippen LogP contribution in [0.3, 0.4) is 0 Å². The van der Waals surface area contributed by atoms with Crippen molar-refractivity contribution in [3.05, 3.63) is 34.3 Å². The fourth-order valence-electron chi connectivity index (χ4n) is 2.47. The minimum atomic E-state index is -0.689. The van der Waals surface area contributed by atoms with Crippen LogP contribution in [0.5, 0.6) is 0 Å². The van der Waals surface area contributed by atoms with Crippen LogP contribution in [0.1, 0.15) is 18.4 Å². The van der Waals surface area contributed by atoms with Gasteiger partial charge < -0.3 is 10.0 Å². The lowest BCUT2D eigenvalue weighted by Gasteiger charge is -2.15. The molecule has 0 amide bonds. The van der Waals surface area contributed by atoms with Crippen molar-refractivity contribution in [2.45, 2.75) is 12.8 Å². The Kier molecular flexibility index (Phi) is 3.84. The Labute approximate surface area is 110 Å². The van der Waals surface area contributed by atoms with Crippen molar-refractivity contribution >= 4 is 21.9 Å². The van der Waals surface area contributed by atoms with Crippen LogP contribution in [0.4, 0.5) is 0 Å². The number of carboxylic acid groups (broad SMARTS) is 1. The second-order valence-corrected chi connectivity index (χ2v) is 5.37. The molecule has 92 valence electrons. The lowest BCUT2D eigenvalue weighted by molar-refractivity contribution is -0.141. The molecule has 0 spiro atoms. The highest BCUT2D eigenvalue weighted by Gasteiger charge is 2.37. The smallest absolute Gasteiger partial charge is 0.308 e. The van der Waals surface area contributed by atoms with Crippen LogP contribution >= 0.6 is 15.9 Å². The Hall–Kier alpha value is -0.870. The Morgan fingerprint density at radius 2 is 2.29 bits per heavy atom. The molecular weight excluding hydrogens is 282 g/mol. The van der Waals surface area contributed by atoms with Gasteiger partial charge in [-0.1, -0.05) is 35.0 Å². The maximum atomic E-state index is 11.3. The van der Waals surface area contributed by atoms with Crippen LogP contribution in [0.15, 0.2) is 28.7 Å². The Morgan fingerprint density at radius 3 is 2.88 bits per heavy atom. The van der Waals surface area contributed by atoms with Crippen molar-refractivity contribution in [2.24, 2.45) is 5.92 Å². The second kappa shape index (κ2) is 5.19. The molecule has 1 heterocycles. The van der Waals surface area contributed by atoms with E-state index >= 15 is 0 Å². The zero-order valence-corrected chi connectivity index (χ0v) is 11.4. The molecular formula is C13H16BrNO2. The average Bonchev–Trinajstić information content (AvgIpc) is 2.73. The van der Waals surface area contributed by atoms with Gasteiger partial charge in [-0.25, -0.2) is 0 Å². The van der Waals surface area contributed by atoms with E-state index in [9.17, 15) is 9.90 Å². The van der Waals surface area contributed by atoms with Crippen LogP contribution in [0.2, 0.25) is 0 Å². The Balaban J connectivity index is 2.26. The maximum Gasteiger partial charge on any atom is 0.308 e. The van der Waals surface area contributed by atoms with Gasteiger partial charge in [0.15, 0.2) is 0 Å². The van der Waals surface area contributed by atoms with Crippen molar-refractivity contribution in [3.8, 4) is 0 Å². The molecule has 2 atom stereocenters. The third-order valence-electron chi connectivity index (χ3n) is 3.44. The number of rotatable bonds is 3. The van der Waals surface area contributed by atoms with Gasteiger partial charge in [0.1, 0.15) is 0 Å². The van der Waals surface area contributed by atoms with Crippen LogP contribution in [-0.2, 0) is 4.79 Å². The first-order chi connectivity index (χ1) is 8.11. The van der Waals surface area contributed by atoms with Gasteiger partial charge in [-0.05, 0) is 24.2 Å². The molecule has 0 saturated carbocycles. The SMILES string of the molecule is CCN1CC(C(=O)O)C(c2cccc(Br)c2)C1. The van der Waals surface area contributed by atoms with Gasteiger partial charge in [0, 0.05) is 23.5 Å². The number of benzene rings is 1. The molecule has 0 aromatic heterocycles. The van der Waals surface area contributed by atoms with Gasteiger partial charge in [-0.2, -0.15) is 0 Å². The van der Waals surface area contributed by atoms with Crippen molar-refractivity contribution in [3.63, 3.8) is 0 Å². The number of likely N-dealkylation sites (N-methyl/N-ethyl adjacent to an activating group) is 1. The summed E-state index contributed by atoms with van der Waals surface area (Å²) in [6.45, 7) is 4.48. The molecule has 1 aliphatic rings. The fraction of sp³-hybridized carbons (Fsp3) is 0.462. The number of aliphatic carboxylic acids is 1. The van der Waals surface area contributed by atoms with Gasteiger partial charge in [0.25, 0.3) is 0 Å². The topological polar surface area (TPSA) is 40.5 Å². The fourth-order valence-corrected chi connectivity index (χ4v) is 2.89. The molecule has 3 nitrogen and oxygen atoms in total. The first kappa shape index (κ1) is 12.6. The van der Waals surface area contributed by atoms with Crippen LogP contribution in [0.25, 0.3) is 0 Å². The molecule has 4 heteroatoms. The van der Waals surface area contributed by atoms with Gasteiger partial charge in [0.2, 0.25) is 0 Å². The minimum absolute atomic E-state index is 0.102. The molecule has 2 rings (SSSR count). The van der Waals surface area contributed by atoms with E-state index in [2.05, 4.69) is 27.8 Å². The van der Waals surface area contributed by atoms with Crippen LogP contribution in [0, 0.1) is 5.92 Å². The highest BCUT2D eigenvalue weighted by molar-refractivity contribution is 9.10. The normalized spacial score (nSPS) is 25.1. The monoisotopic (exact) mass is 297 g/mol. The summed E-state index contributed by atoms with van der Waals surface area (Å²) in [7, 11) is 0. The highest BCUT2D eigenvalue weighted by Crippen LogP contribution is 2.33. The number of carboxylic acids is 1. The summed E-state index contributed by atoms with van der Waals surface area (Å²) < 4.78 is 1.01. The van der Waals surface area contributed by atoms with E-state index in [-0.39, 0.29) is 11.8 Å². The molecule has 1 saturated heterocycles. The van der Waals surface area contributed by atoms with Crippen molar-refractivity contribution in [1.29, 1.82) is 0 Å². The predicted molar refractivity (Wildman–Crippen MR) is 70.1 cm³/mol. The summed E-state index contributed by atoms with van der Waals surface area (Å²) >= 11 is 3.44. The van der Waals surface area contributed by atoms with E-state index in [1.165, 1.54) is 0 Å². The molecule has 1 aromatic carbocycles. The summed E-state index contributed by atoms with van der Waals surface area (Å²) in [6, 6.07) is 7.98. The molecule has 0 radical (unpaired) electrons. The van der Waals surface area contributed by atoms with Gasteiger partial charge in [0.05, 0.1) is 5.92 Å². The molecule has 17 heavy (non-hydrogen) atoms. The summed E-state index contributed by atoms with van der Waals surface area (Å²) in [4.78, 5) is 13.5. The third kappa shape index (κ3) is 2.69. The zero-order valence-electron chi connectivity index (χ0n) is 9.77. The van der Waals surface area contributed by atoms with Gasteiger partial charge in [-0.3, -0.25) is 4.79 Å². The molecule has 1 aromatic rings. The molecule has 0 bridgehead atoms. The summed E-state index contributed by atoms with van der Waals surface area (Å²) in [5.41, 5.74) is 1.11. The van der Waals surface area contributed by atoms with Gasteiger partial charge in [-0.15, -0.1) is 0 Å². The van der Waals surface area contributed by atoms with Crippen LogP contribution < -0.4 is 0 Å². The van der Waals surface area contributed by atoms with E-state index in [0.717, 1.165) is 23.1 Å². The van der Waals surface area contributed by atoms with Crippen molar-refractivity contribution in [2.75, 3.05) is 19.6 Å². The molecule has 0 aliphatic carbocycles. The van der Waals surface area contributed by atoms with E-state index in [0.29, 0.717) is 6.54 Å². The molecule has 1 N–H and O–H groups in total. The van der Waals surface area contributed by atoms with Gasteiger partial charge >= 0.3 is 5.97 Å². The largest absolute Gasteiger partial charge is 0.481 e. The summed E-state index contributed by atoms with van der Waals surface area (Å²) in [5.74, 6) is -0.875. The predicted octanol–water partition coefficient (Wildman–Crippen LogP) is 2.57. The number of hydrogen-bond acceptors (Lipinski definition) is 2. The zero-order chi connectivity index (χ0) is 12.4. The molecule has 1 fully saturated rings. The van der Waals surface area contributed by atoms with E-state index in [1.807, 2.05) is 24.3 Å². The molecule has 2 unspecified atom stereocenters. The van der Waals surface area contributed by atoms with E-state index in [1.54, 1.807) is 0 Å². The van der Waals surface area contributed by atoms with Crippen molar-refractivity contribution in [1.82, 2.24) is 4.90 Å². The maximum absolute atomic E-state index is 11.3. The highest BCUT2D eigenvalue weighted by atomic mass is 79.9. The number of hydrogen-bond donors (Lipinski definition) is 1. The van der Waals surface area contributed by atoms with Crippen molar-refractivity contribution < 1.29 is 9.90 Å². The first-order valence-electron chi connectivity index (χ1n) is 5.82. The lowest BCUT2D eigenvalue weighted by atomic mass is 9.89. The summed E-state index contributed by atoms with van der Waals surface area (Å²) in [6.07, 6.45) is 0. The quantitative estimate of drug-likeness (QED) is 0.932. The van der Waals surface area contributed by atoms with Crippen LogP contribution in [-0.4, -0.2) is 35.6 Å². The number of likely N-dealkylation sites (tertiary alicyclic amines) is 1. The number of halogens is 1. The molecule has 1 aliphatic heterocycles. The number of nitrogens with zero attached hydrogens (tertiary/aromatic N) is 1. The standard InChI is InChI=1S/C13H16BrNO2/c1-2-15-7-11(12(8-15)13(16)17)9-4-3-5-10(14)6-9/h3-6,11-12H,2,7-8H2,1H3,(H,16,17). The minimum Gasteiger partial charge on any atom is -0.481 e. The Morgan fingerprint density at radius 1 is 1.53 bits per heavy atom. The first-order valence-corrected chi connectivity index (χ1v) is 6.61. The Bertz CT molecular complexity index is 422.